The summed E-state index contributed by atoms with van der Waals surface area (Å²) >= 11 is 5.93. The van der Waals surface area contributed by atoms with Crippen LogP contribution >= 0.6 is 12.2 Å². The summed E-state index contributed by atoms with van der Waals surface area (Å²) in [4.78, 5) is 14.2. The zero-order valence-electron chi connectivity index (χ0n) is 22.5. The molecule has 1 heterocycles. The van der Waals surface area contributed by atoms with Crippen LogP contribution in [0.1, 0.15) is 45.6 Å². The highest BCUT2D eigenvalue weighted by Crippen LogP contribution is 2.39. The minimum absolute atomic E-state index is 0.173. The number of nitrogens with zero attached hydrogens (tertiary/aromatic N) is 1. The van der Waals surface area contributed by atoms with Crippen LogP contribution < -0.4 is 19.5 Å². The maximum absolute atomic E-state index is 12.0. The third kappa shape index (κ3) is 5.86. The maximum atomic E-state index is 12.0. The van der Waals surface area contributed by atoms with E-state index in [0.29, 0.717) is 41.1 Å². The number of hydrogen-bond donors (Lipinski definition) is 1. The lowest BCUT2D eigenvalue weighted by molar-refractivity contribution is 0.0526. The van der Waals surface area contributed by atoms with Gasteiger partial charge in [0.25, 0.3) is 0 Å². The molecule has 0 spiro atoms. The van der Waals surface area contributed by atoms with Crippen molar-refractivity contribution in [1.82, 2.24) is 4.90 Å². The minimum atomic E-state index is -0.352. The Bertz CT molecular complexity index is 1310. The summed E-state index contributed by atoms with van der Waals surface area (Å²) in [7, 11) is 3.28. The number of carbonyl (C=O) groups is 1. The number of ether oxygens (including phenoxy) is 4. The maximum Gasteiger partial charge on any atom is 0.338 e. The van der Waals surface area contributed by atoms with Gasteiger partial charge in [0.15, 0.2) is 16.6 Å². The van der Waals surface area contributed by atoms with Crippen LogP contribution in [0.2, 0.25) is 0 Å². The quantitative estimate of drug-likeness (QED) is 0.284. The molecular weight excluding hydrogens is 500 g/mol. The molecule has 0 saturated carbocycles. The van der Waals surface area contributed by atoms with Crippen LogP contribution in [0.15, 0.2) is 54.6 Å². The highest BCUT2D eigenvalue weighted by molar-refractivity contribution is 7.80. The number of fused-ring (bicyclic) bond motifs is 1. The number of methoxy groups -OCH3 is 2. The van der Waals surface area contributed by atoms with Gasteiger partial charge in [-0.1, -0.05) is 12.1 Å². The van der Waals surface area contributed by atoms with E-state index in [0.717, 1.165) is 29.8 Å². The second-order valence-corrected chi connectivity index (χ2v) is 9.49. The first-order chi connectivity index (χ1) is 18.4. The summed E-state index contributed by atoms with van der Waals surface area (Å²) in [5, 5.41) is 4.09. The predicted molar refractivity (Wildman–Crippen MR) is 153 cm³/mol. The van der Waals surface area contributed by atoms with E-state index >= 15 is 0 Å². The van der Waals surface area contributed by atoms with E-state index in [2.05, 4.69) is 30.1 Å². The molecule has 0 saturated heterocycles. The van der Waals surface area contributed by atoms with Gasteiger partial charge in [0.05, 0.1) is 32.4 Å². The topological polar surface area (TPSA) is 69.3 Å². The lowest BCUT2D eigenvalue weighted by atomic mass is 9.92. The molecule has 1 atom stereocenters. The Kier molecular flexibility index (Phi) is 8.73. The van der Waals surface area contributed by atoms with Crippen molar-refractivity contribution in [1.29, 1.82) is 0 Å². The molecule has 0 fully saturated rings. The molecular formula is C30H34N2O5S. The third-order valence-electron chi connectivity index (χ3n) is 6.88. The molecule has 0 bridgehead atoms. The monoisotopic (exact) mass is 534 g/mol. The first-order valence-electron chi connectivity index (χ1n) is 12.6. The summed E-state index contributed by atoms with van der Waals surface area (Å²) < 4.78 is 22.5. The molecule has 0 aliphatic carbocycles. The third-order valence-corrected chi connectivity index (χ3v) is 7.22. The number of hydrogen-bond acceptors (Lipinski definition) is 6. The summed E-state index contributed by atoms with van der Waals surface area (Å²) in [5.41, 5.74) is 6.07. The molecule has 3 aromatic carbocycles. The van der Waals surface area contributed by atoms with Crippen LogP contribution in [0.25, 0.3) is 0 Å². The van der Waals surface area contributed by atoms with Crippen molar-refractivity contribution in [2.45, 2.75) is 33.2 Å². The fourth-order valence-electron chi connectivity index (χ4n) is 4.60. The molecule has 38 heavy (non-hydrogen) atoms. The van der Waals surface area contributed by atoms with Crippen LogP contribution in [0.5, 0.6) is 17.2 Å². The Labute approximate surface area is 229 Å². The number of rotatable bonds is 8. The molecule has 4 rings (SSSR count). The largest absolute Gasteiger partial charge is 0.493 e. The van der Waals surface area contributed by atoms with Crippen LogP contribution in [-0.2, 0) is 11.2 Å². The van der Waals surface area contributed by atoms with Gasteiger partial charge in [0.1, 0.15) is 12.4 Å². The average Bonchev–Trinajstić information content (AvgIpc) is 2.93. The molecule has 1 aliphatic heterocycles. The van der Waals surface area contributed by atoms with Crippen LogP contribution in [0.4, 0.5) is 5.69 Å². The Morgan fingerprint density at radius 2 is 1.76 bits per heavy atom. The molecule has 1 unspecified atom stereocenters. The summed E-state index contributed by atoms with van der Waals surface area (Å²) in [6, 6.07) is 17.0. The number of esters is 1. The zero-order chi connectivity index (χ0) is 27.2. The molecule has 0 radical (unpaired) electrons. The van der Waals surface area contributed by atoms with Crippen molar-refractivity contribution in [3.63, 3.8) is 0 Å². The Balaban J connectivity index is 1.62. The second kappa shape index (κ2) is 12.2. The highest BCUT2D eigenvalue weighted by Gasteiger charge is 2.31. The van der Waals surface area contributed by atoms with E-state index in [-0.39, 0.29) is 12.0 Å². The van der Waals surface area contributed by atoms with Gasteiger partial charge >= 0.3 is 5.97 Å². The lowest BCUT2D eigenvalue weighted by Crippen LogP contribution is -2.44. The van der Waals surface area contributed by atoms with Crippen LogP contribution in [-0.4, -0.2) is 50.0 Å². The fourth-order valence-corrected chi connectivity index (χ4v) is 4.93. The number of aryl methyl sites for hydroxylation is 1. The van der Waals surface area contributed by atoms with E-state index in [4.69, 9.17) is 31.2 Å². The van der Waals surface area contributed by atoms with Gasteiger partial charge in [-0.25, -0.2) is 4.79 Å². The first-order valence-corrected chi connectivity index (χ1v) is 13.1. The van der Waals surface area contributed by atoms with E-state index in [1.165, 1.54) is 11.1 Å². The molecule has 0 aromatic heterocycles. The molecule has 3 aromatic rings. The van der Waals surface area contributed by atoms with Gasteiger partial charge in [-0.3, -0.25) is 0 Å². The van der Waals surface area contributed by atoms with Gasteiger partial charge in [0.2, 0.25) is 0 Å². The van der Waals surface area contributed by atoms with Crippen molar-refractivity contribution in [3.8, 4) is 17.2 Å². The lowest BCUT2D eigenvalue weighted by Gasteiger charge is -2.39. The second-order valence-electron chi connectivity index (χ2n) is 9.10. The SMILES string of the molecule is CCOC(=O)c1ccc(OCC2c3cc(OC)c(OC)cc3CCN2C(=S)Nc2cccc(C)c2C)cc1. The van der Waals surface area contributed by atoms with Crippen molar-refractivity contribution in [2.24, 2.45) is 0 Å². The molecule has 0 amide bonds. The Morgan fingerprint density at radius 3 is 2.45 bits per heavy atom. The van der Waals surface area contributed by atoms with Crippen molar-refractivity contribution in [3.05, 3.63) is 82.4 Å². The number of nitrogens with one attached hydrogen (secondary N) is 1. The van der Waals surface area contributed by atoms with Gasteiger partial charge in [-0.2, -0.15) is 0 Å². The van der Waals surface area contributed by atoms with Gasteiger partial charge in [-0.15, -0.1) is 0 Å². The van der Waals surface area contributed by atoms with Crippen LogP contribution in [0.3, 0.4) is 0 Å². The molecule has 200 valence electrons. The number of carbonyl (C=O) groups excluding carboxylic acids is 1. The van der Waals surface area contributed by atoms with Gasteiger partial charge in [0, 0.05) is 12.2 Å². The summed E-state index contributed by atoms with van der Waals surface area (Å²) in [6.07, 6.45) is 0.801. The number of thiocarbonyl (C=S) groups is 1. The van der Waals surface area contributed by atoms with Crippen molar-refractivity contribution < 1.29 is 23.7 Å². The summed E-state index contributed by atoms with van der Waals surface area (Å²) in [5.74, 6) is 1.66. The number of benzene rings is 3. The Morgan fingerprint density at radius 1 is 1.05 bits per heavy atom. The Hall–Kier alpha value is -3.78. The first kappa shape index (κ1) is 27.3. The molecule has 7 nitrogen and oxygen atoms in total. The zero-order valence-corrected chi connectivity index (χ0v) is 23.3. The standard InChI is InChI=1S/C30H34N2O5S/c1-6-36-29(33)21-10-12-23(13-11-21)37-18-26-24-17-28(35-5)27(34-4)16-22(24)14-15-32(26)30(38)31-25-9-7-8-19(2)20(25)3/h7-13,16-17,26H,6,14-15,18H2,1-5H3,(H,31,38). The van der Waals surface area contributed by atoms with E-state index < -0.39 is 0 Å². The van der Waals surface area contributed by atoms with Crippen molar-refractivity contribution in [2.75, 3.05) is 39.3 Å². The predicted octanol–water partition coefficient (Wildman–Crippen LogP) is 5.87. The number of anilines is 1. The van der Waals surface area contributed by atoms with Crippen LogP contribution in [0, 0.1) is 13.8 Å². The normalized spacial score (nSPS) is 14.3. The molecule has 1 N–H and O–H groups in total. The fraction of sp³-hybridized carbons (Fsp3) is 0.333. The minimum Gasteiger partial charge on any atom is -0.493 e. The summed E-state index contributed by atoms with van der Waals surface area (Å²) in [6.45, 7) is 7.35. The van der Waals surface area contributed by atoms with E-state index in [1.807, 2.05) is 24.3 Å². The molecule has 8 heteroatoms. The van der Waals surface area contributed by atoms with Gasteiger partial charge < -0.3 is 29.2 Å². The molecule has 1 aliphatic rings. The van der Waals surface area contributed by atoms with E-state index in [9.17, 15) is 4.79 Å². The van der Waals surface area contributed by atoms with Crippen molar-refractivity contribution >= 4 is 29.0 Å². The van der Waals surface area contributed by atoms with E-state index in [1.54, 1.807) is 45.4 Å². The van der Waals surface area contributed by atoms with Gasteiger partial charge in [-0.05, 0) is 104 Å². The highest BCUT2D eigenvalue weighted by atomic mass is 32.1. The average molecular weight is 535 g/mol. The smallest absolute Gasteiger partial charge is 0.338 e.